The first-order valence-electron chi connectivity index (χ1n) is 4.89. The second kappa shape index (κ2) is 5.60. The van der Waals surface area contributed by atoms with E-state index in [1.807, 2.05) is 13.8 Å². The molecule has 5 nitrogen and oxygen atoms in total. The Morgan fingerprint density at radius 2 is 2.31 bits per heavy atom. The van der Waals surface area contributed by atoms with Gasteiger partial charge in [0.2, 0.25) is 0 Å². The molecular weight excluding hydrogens is 246 g/mol. The zero-order valence-electron chi connectivity index (χ0n) is 9.48. The summed E-state index contributed by atoms with van der Waals surface area (Å²) in [5, 5.41) is 20.8. The van der Waals surface area contributed by atoms with Crippen LogP contribution in [0.4, 0.5) is 0 Å². The van der Waals surface area contributed by atoms with Gasteiger partial charge in [0.15, 0.2) is 4.34 Å². The highest BCUT2D eigenvalue weighted by Crippen LogP contribution is 2.25. The zero-order valence-corrected chi connectivity index (χ0v) is 11.1. The highest BCUT2D eigenvalue weighted by Gasteiger charge is 2.32. The van der Waals surface area contributed by atoms with Crippen molar-refractivity contribution in [1.29, 1.82) is 0 Å². The molecule has 1 rings (SSSR count). The average molecular weight is 261 g/mol. The topological polar surface area (TPSA) is 75.1 Å². The Morgan fingerprint density at radius 3 is 2.75 bits per heavy atom. The summed E-state index contributed by atoms with van der Waals surface area (Å²) in [6.45, 7) is 6.07. The van der Waals surface area contributed by atoms with Gasteiger partial charge >= 0.3 is 5.97 Å². The van der Waals surface area contributed by atoms with Crippen molar-refractivity contribution >= 4 is 29.1 Å². The lowest BCUT2D eigenvalue weighted by atomic mass is 10.1. The van der Waals surface area contributed by atoms with E-state index in [4.69, 9.17) is 5.11 Å². The third-order valence-corrected chi connectivity index (χ3v) is 4.32. The Labute approximate surface area is 103 Å². The number of carboxylic acids is 1. The number of likely N-dealkylation sites (N-methyl/N-ethyl adjacent to an activating group) is 1. The van der Waals surface area contributed by atoms with Crippen molar-refractivity contribution in [3.05, 3.63) is 5.01 Å². The van der Waals surface area contributed by atoms with Gasteiger partial charge in [-0.2, -0.15) is 0 Å². The third-order valence-electron chi connectivity index (χ3n) is 2.03. The molecule has 0 spiro atoms. The Kier molecular flexibility index (Phi) is 4.69. The van der Waals surface area contributed by atoms with Crippen molar-refractivity contribution in [1.82, 2.24) is 15.5 Å². The lowest BCUT2D eigenvalue weighted by molar-refractivity contribution is -0.143. The third kappa shape index (κ3) is 3.43. The molecule has 0 saturated carbocycles. The minimum absolute atomic E-state index is 0.435. The van der Waals surface area contributed by atoms with Crippen LogP contribution in [0.5, 0.6) is 0 Å². The molecule has 1 heterocycles. The Morgan fingerprint density at radius 1 is 1.62 bits per heavy atom. The van der Waals surface area contributed by atoms with Gasteiger partial charge in [0.05, 0.1) is 0 Å². The van der Waals surface area contributed by atoms with Gasteiger partial charge < -0.3 is 10.4 Å². The summed E-state index contributed by atoms with van der Waals surface area (Å²) in [6.07, 6.45) is 0. The SMILES string of the molecule is CCNC(C)(CSc1nnc(C)s1)C(=O)O. The van der Waals surface area contributed by atoms with E-state index >= 15 is 0 Å². The molecule has 0 radical (unpaired) electrons. The first-order valence-corrected chi connectivity index (χ1v) is 6.69. The van der Waals surface area contributed by atoms with E-state index in [1.165, 1.54) is 23.1 Å². The lowest BCUT2D eigenvalue weighted by Crippen LogP contribution is -2.51. The molecule has 16 heavy (non-hydrogen) atoms. The van der Waals surface area contributed by atoms with Crippen LogP contribution in [0.1, 0.15) is 18.9 Å². The summed E-state index contributed by atoms with van der Waals surface area (Å²) >= 11 is 2.90. The van der Waals surface area contributed by atoms with Crippen LogP contribution in [-0.4, -0.2) is 39.1 Å². The molecule has 0 saturated heterocycles. The molecule has 90 valence electrons. The lowest BCUT2D eigenvalue weighted by Gasteiger charge is -2.24. The second-order valence-electron chi connectivity index (χ2n) is 3.54. The molecule has 0 bridgehead atoms. The van der Waals surface area contributed by atoms with Crippen LogP contribution >= 0.6 is 23.1 Å². The van der Waals surface area contributed by atoms with Crippen LogP contribution in [0.3, 0.4) is 0 Å². The van der Waals surface area contributed by atoms with E-state index < -0.39 is 11.5 Å². The van der Waals surface area contributed by atoms with Crippen molar-refractivity contribution in [2.45, 2.75) is 30.6 Å². The van der Waals surface area contributed by atoms with E-state index in [0.717, 1.165) is 9.35 Å². The van der Waals surface area contributed by atoms with E-state index in [9.17, 15) is 4.79 Å². The van der Waals surface area contributed by atoms with Gasteiger partial charge in [-0.1, -0.05) is 30.0 Å². The molecule has 0 fully saturated rings. The summed E-state index contributed by atoms with van der Waals surface area (Å²) < 4.78 is 0.808. The quantitative estimate of drug-likeness (QED) is 0.754. The summed E-state index contributed by atoms with van der Waals surface area (Å²) in [5.41, 5.74) is -0.918. The molecule has 0 amide bonds. The number of rotatable bonds is 6. The number of hydrogen-bond donors (Lipinski definition) is 2. The van der Waals surface area contributed by atoms with Gasteiger partial charge in [-0.3, -0.25) is 4.79 Å². The van der Waals surface area contributed by atoms with E-state index in [-0.39, 0.29) is 0 Å². The highest BCUT2D eigenvalue weighted by molar-refractivity contribution is 8.01. The Balaban J connectivity index is 2.60. The minimum Gasteiger partial charge on any atom is -0.480 e. The fourth-order valence-electron chi connectivity index (χ4n) is 1.12. The van der Waals surface area contributed by atoms with Crippen LogP contribution in [0.2, 0.25) is 0 Å². The van der Waals surface area contributed by atoms with E-state index in [1.54, 1.807) is 6.92 Å². The Hall–Kier alpha value is -0.660. The van der Waals surface area contributed by atoms with Gasteiger partial charge in [-0.05, 0) is 20.4 Å². The number of hydrogen-bond acceptors (Lipinski definition) is 6. The molecule has 1 atom stereocenters. The number of aryl methyl sites for hydroxylation is 1. The van der Waals surface area contributed by atoms with E-state index in [0.29, 0.717) is 12.3 Å². The number of carboxylic acid groups (broad SMARTS) is 1. The summed E-state index contributed by atoms with van der Waals surface area (Å²) in [5.74, 6) is -0.409. The molecular formula is C9H15N3O2S2. The predicted molar refractivity (Wildman–Crippen MR) is 65.1 cm³/mol. The summed E-state index contributed by atoms with van der Waals surface area (Å²) in [7, 11) is 0. The predicted octanol–water partition coefficient (Wildman–Crippen LogP) is 1.39. The fourth-order valence-corrected chi connectivity index (χ4v) is 3.05. The molecule has 1 aromatic heterocycles. The van der Waals surface area contributed by atoms with Crippen molar-refractivity contribution in [3.63, 3.8) is 0 Å². The molecule has 7 heteroatoms. The molecule has 0 aliphatic carbocycles. The monoisotopic (exact) mass is 261 g/mol. The average Bonchev–Trinajstić information content (AvgIpc) is 2.61. The smallest absolute Gasteiger partial charge is 0.324 e. The van der Waals surface area contributed by atoms with Crippen molar-refractivity contribution in [3.8, 4) is 0 Å². The number of nitrogens with one attached hydrogen (secondary N) is 1. The van der Waals surface area contributed by atoms with Crippen molar-refractivity contribution in [2.24, 2.45) is 0 Å². The van der Waals surface area contributed by atoms with Crippen LogP contribution in [0, 0.1) is 6.92 Å². The first-order chi connectivity index (χ1) is 7.48. The molecule has 0 aliphatic heterocycles. The van der Waals surface area contributed by atoms with Gasteiger partial charge in [0, 0.05) is 5.75 Å². The number of thioether (sulfide) groups is 1. The largest absolute Gasteiger partial charge is 0.480 e. The van der Waals surface area contributed by atoms with Crippen molar-refractivity contribution < 1.29 is 9.90 Å². The highest BCUT2D eigenvalue weighted by atomic mass is 32.2. The second-order valence-corrected chi connectivity index (χ2v) is 5.95. The maximum absolute atomic E-state index is 11.1. The Bertz CT molecular complexity index is 369. The normalized spacial score (nSPS) is 14.7. The van der Waals surface area contributed by atoms with Crippen molar-refractivity contribution in [2.75, 3.05) is 12.3 Å². The molecule has 1 aromatic rings. The molecule has 1 unspecified atom stereocenters. The fraction of sp³-hybridized carbons (Fsp3) is 0.667. The maximum atomic E-state index is 11.1. The van der Waals surface area contributed by atoms with Gasteiger partial charge in [0.25, 0.3) is 0 Å². The first kappa shape index (κ1) is 13.4. The van der Waals surface area contributed by atoms with Gasteiger partial charge in [0.1, 0.15) is 10.5 Å². The number of aliphatic carboxylic acids is 1. The van der Waals surface area contributed by atoms with Crippen LogP contribution in [0.15, 0.2) is 4.34 Å². The number of nitrogens with zero attached hydrogens (tertiary/aromatic N) is 2. The van der Waals surface area contributed by atoms with E-state index in [2.05, 4.69) is 15.5 Å². The maximum Gasteiger partial charge on any atom is 0.324 e. The minimum atomic E-state index is -0.918. The molecule has 0 aromatic carbocycles. The van der Waals surface area contributed by atoms with Crippen LogP contribution in [0.25, 0.3) is 0 Å². The summed E-state index contributed by atoms with van der Waals surface area (Å²) in [6, 6.07) is 0. The van der Waals surface area contributed by atoms with Crippen LogP contribution in [-0.2, 0) is 4.79 Å². The zero-order chi connectivity index (χ0) is 12.2. The number of carbonyl (C=O) groups is 1. The molecule has 2 N–H and O–H groups in total. The molecule has 0 aliphatic rings. The van der Waals surface area contributed by atoms with Gasteiger partial charge in [-0.25, -0.2) is 0 Å². The van der Waals surface area contributed by atoms with Gasteiger partial charge in [-0.15, -0.1) is 10.2 Å². The number of aromatic nitrogens is 2. The van der Waals surface area contributed by atoms with Crippen LogP contribution < -0.4 is 5.32 Å². The summed E-state index contributed by atoms with van der Waals surface area (Å²) in [4.78, 5) is 11.1. The standard InChI is InChI=1S/C9H15N3O2S2/c1-4-10-9(3,7(13)14)5-15-8-12-11-6(2)16-8/h10H,4-5H2,1-3H3,(H,13,14).